The Kier molecular flexibility index (Phi) is 5.65. The summed E-state index contributed by atoms with van der Waals surface area (Å²) in [6.07, 6.45) is 1.66. The number of hydrogen-bond acceptors (Lipinski definition) is 5. The van der Waals surface area contributed by atoms with Crippen LogP contribution in [-0.4, -0.2) is 26.2 Å². The summed E-state index contributed by atoms with van der Waals surface area (Å²) in [5.74, 6) is -0.107. The lowest BCUT2D eigenvalue weighted by molar-refractivity contribution is -0.138. The second-order valence-corrected chi connectivity index (χ2v) is 6.23. The molecule has 0 atom stereocenters. The first-order valence-corrected chi connectivity index (χ1v) is 8.43. The number of nitrogens with zero attached hydrogens (tertiary/aromatic N) is 4. The van der Waals surface area contributed by atoms with Crippen molar-refractivity contribution >= 4 is 40.9 Å². The standard InChI is InChI=1S/C18H14Cl2N4O2/c1-12-21-22-23-24(12)17(9-13-5-3-2-4-6-13)18(25)26-11-14-7-8-15(19)10-16(14)20/h2-10H,11H2,1H3/b17-9+. The van der Waals surface area contributed by atoms with Crippen LogP contribution >= 0.6 is 23.2 Å². The third-order valence-electron chi connectivity index (χ3n) is 3.54. The van der Waals surface area contributed by atoms with E-state index >= 15 is 0 Å². The van der Waals surface area contributed by atoms with Crippen LogP contribution in [0.25, 0.3) is 11.8 Å². The maximum atomic E-state index is 12.7. The van der Waals surface area contributed by atoms with E-state index in [4.69, 9.17) is 27.9 Å². The molecule has 26 heavy (non-hydrogen) atoms. The van der Waals surface area contributed by atoms with Crippen molar-refractivity contribution in [1.82, 2.24) is 20.2 Å². The van der Waals surface area contributed by atoms with Crippen LogP contribution in [0.4, 0.5) is 0 Å². The quantitative estimate of drug-likeness (QED) is 0.487. The summed E-state index contributed by atoms with van der Waals surface area (Å²) in [7, 11) is 0. The van der Waals surface area contributed by atoms with Crippen LogP contribution in [0.5, 0.6) is 0 Å². The first-order chi connectivity index (χ1) is 12.5. The number of aryl methyl sites for hydroxylation is 1. The predicted molar refractivity (Wildman–Crippen MR) is 99.4 cm³/mol. The Morgan fingerprint density at radius 2 is 1.96 bits per heavy atom. The van der Waals surface area contributed by atoms with Gasteiger partial charge in [0.05, 0.1) is 0 Å². The van der Waals surface area contributed by atoms with Gasteiger partial charge in [0.15, 0.2) is 11.5 Å². The normalized spacial score (nSPS) is 11.4. The lowest BCUT2D eigenvalue weighted by atomic mass is 10.2. The van der Waals surface area contributed by atoms with Crippen molar-refractivity contribution in [3.05, 3.63) is 75.5 Å². The van der Waals surface area contributed by atoms with Gasteiger partial charge in [-0.15, -0.1) is 5.10 Å². The molecule has 0 saturated carbocycles. The SMILES string of the molecule is Cc1nnnn1/C(=C/c1ccccc1)C(=O)OCc1ccc(Cl)cc1Cl. The van der Waals surface area contributed by atoms with Crippen LogP contribution in [0.2, 0.25) is 10.0 Å². The van der Waals surface area contributed by atoms with Crippen molar-refractivity contribution in [2.24, 2.45) is 0 Å². The molecule has 0 N–H and O–H groups in total. The minimum atomic E-state index is -0.574. The minimum absolute atomic E-state index is 0.00212. The Morgan fingerprint density at radius 1 is 1.19 bits per heavy atom. The van der Waals surface area contributed by atoms with Crippen molar-refractivity contribution in [1.29, 1.82) is 0 Å². The zero-order chi connectivity index (χ0) is 18.5. The highest BCUT2D eigenvalue weighted by molar-refractivity contribution is 6.35. The van der Waals surface area contributed by atoms with Gasteiger partial charge in [0, 0.05) is 15.6 Å². The van der Waals surface area contributed by atoms with E-state index in [1.54, 1.807) is 31.2 Å². The van der Waals surface area contributed by atoms with Gasteiger partial charge in [0.2, 0.25) is 0 Å². The van der Waals surface area contributed by atoms with Crippen LogP contribution in [0, 0.1) is 6.92 Å². The Balaban J connectivity index is 1.86. The fraction of sp³-hybridized carbons (Fsp3) is 0.111. The molecule has 0 aliphatic heterocycles. The second-order valence-electron chi connectivity index (χ2n) is 5.39. The highest BCUT2D eigenvalue weighted by Gasteiger charge is 2.18. The molecule has 1 aromatic heterocycles. The smallest absolute Gasteiger partial charge is 0.357 e. The van der Waals surface area contributed by atoms with E-state index in [9.17, 15) is 4.79 Å². The fourth-order valence-corrected chi connectivity index (χ4v) is 2.69. The third kappa shape index (κ3) is 4.28. The van der Waals surface area contributed by atoms with Crippen LogP contribution < -0.4 is 0 Å². The van der Waals surface area contributed by atoms with Gasteiger partial charge in [-0.05, 0) is 41.1 Å². The molecule has 0 radical (unpaired) electrons. The lowest BCUT2D eigenvalue weighted by Crippen LogP contribution is -2.15. The van der Waals surface area contributed by atoms with Gasteiger partial charge in [-0.3, -0.25) is 0 Å². The molecule has 0 fully saturated rings. The molecule has 0 aliphatic rings. The first-order valence-electron chi connectivity index (χ1n) is 7.68. The van der Waals surface area contributed by atoms with E-state index < -0.39 is 5.97 Å². The van der Waals surface area contributed by atoms with Crippen LogP contribution in [-0.2, 0) is 16.1 Å². The molecule has 0 bridgehead atoms. The van der Waals surface area contributed by atoms with Crippen molar-refractivity contribution in [3.8, 4) is 0 Å². The number of aromatic nitrogens is 4. The molecule has 0 unspecified atom stereocenters. The van der Waals surface area contributed by atoms with E-state index in [1.807, 2.05) is 30.3 Å². The number of halogens is 2. The topological polar surface area (TPSA) is 69.9 Å². The van der Waals surface area contributed by atoms with Crippen molar-refractivity contribution in [3.63, 3.8) is 0 Å². The monoisotopic (exact) mass is 388 g/mol. The summed E-state index contributed by atoms with van der Waals surface area (Å²) in [5.41, 5.74) is 1.67. The molecule has 2 aromatic carbocycles. The number of tetrazole rings is 1. The van der Waals surface area contributed by atoms with E-state index in [-0.39, 0.29) is 12.3 Å². The molecular formula is C18H14Cl2N4O2. The number of hydrogen-bond donors (Lipinski definition) is 0. The van der Waals surface area contributed by atoms with E-state index in [1.165, 1.54) is 4.68 Å². The van der Waals surface area contributed by atoms with Crippen LogP contribution in [0.1, 0.15) is 17.0 Å². The lowest BCUT2D eigenvalue weighted by Gasteiger charge is -2.10. The number of benzene rings is 2. The number of carbonyl (C=O) groups is 1. The van der Waals surface area contributed by atoms with Gasteiger partial charge in [0.25, 0.3) is 0 Å². The average Bonchev–Trinajstić information content (AvgIpc) is 3.05. The summed E-state index contributed by atoms with van der Waals surface area (Å²) in [4.78, 5) is 12.7. The van der Waals surface area contributed by atoms with Gasteiger partial charge >= 0.3 is 5.97 Å². The average molecular weight is 389 g/mol. The highest BCUT2D eigenvalue weighted by Crippen LogP contribution is 2.22. The molecule has 0 aliphatic carbocycles. The van der Waals surface area contributed by atoms with Crippen molar-refractivity contribution in [2.45, 2.75) is 13.5 Å². The maximum absolute atomic E-state index is 12.7. The van der Waals surface area contributed by atoms with Gasteiger partial charge in [-0.1, -0.05) is 59.6 Å². The second kappa shape index (κ2) is 8.12. The number of carbonyl (C=O) groups excluding carboxylic acids is 1. The molecule has 3 rings (SSSR count). The van der Waals surface area contributed by atoms with Crippen LogP contribution in [0.3, 0.4) is 0 Å². The highest BCUT2D eigenvalue weighted by atomic mass is 35.5. The molecule has 1 heterocycles. The minimum Gasteiger partial charge on any atom is -0.456 e. The molecule has 0 spiro atoms. The van der Waals surface area contributed by atoms with Crippen LogP contribution in [0.15, 0.2) is 48.5 Å². The van der Waals surface area contributed by atoms with Gasteiger partial charge in [-0.2, -0.15) is 4.68 Å². The van der Waals surface area contributed by atoms with Crippen molar-refractivity contribution < 1.29 is 9.53 Å². The number of ether oxygens (including phenoxy) is 1. The Hall–Kier alpha value is -2.70. The molecule has 3 aromatic rings. The number of esters is 1. The Bertz CT molecular complexity index is 955. The largest absolute Gasteiger partial charge is 0.456 e. The molecule has 6 nitrogen and oxygen atoms in total. The first kappa shape index (κ1) is 18.1. The number of rotatable bonds is 5. The molecule has 0 amide bonds. The van der Waals surface area contributed by atoms with Crippen molar-refractivity contribution in [2.75, 3.05) is 0 Å². The molecule has 0 saturated heterocycles. The molecular weight excluding hydrogens is 375 g/mol. The molecule has 132 valence electrons. The van der Waals surface area contributed by atoms with E-state index in [0.717, 1.165) is 5.56 Å². The zero-order valence-electron chi connectivity index (χ0n) is 13.8. The fourth-order valence-electron chi connectivity index (χ4n) is 2.22. The van der Waals surface area contributed by atoms with Gasteiger partial charge in [0.1, 0.15) is 6.61 Å². The van der Waals surface area contributed by atoms with Gasteiger partial charge in [-0.25, -0.2) is 4.79 Å². The Labute approximate surface area is 160 Å². The predicted octanol–water partition coefficient (Wildman–Crippen LogP) is 4.03. The summed E-state index contributed by atoms with van der Waals surface area (Å²) >= 11 is 12.0. The summed E-state index contributed by atoms with van der Waals surface area (Å²) < 4.78 is 6.74. The van der Waals surface area contributed by atoms with E-state index in [2.05, 4.69) is 15.5 Å². The summed E-state index contributed by atoms with van der Waals surface area (Å²) in [6, 6.07) is 14.3. The van der Waals surface area contributed by atoms with Gasteiger partial charge < -0.3 is 4.74 Å². The Morgan fingerprint density at radius 3 is 2.62 bits per heavy atom. The van der Waals surface area contributed by atoms with E-state index in [0.29, 0.717) is 21.4 Å². The summed E-state index contributed by atoms with van der Waals surface area (Å²) in [5, 5.41) is 12.2. The third-order valence-corrected chi connectivity index (χ3v) is 4.13. The maximum Gasteiger partial charge on any atom is 0.357 e. The zero-order valence-corrected chi connectivity index (χ0v) is 15.3. The molecule has 8 heteroatoms. The summed E-state index contributed by atoms with van der Waals surface area (Å²) in [6.45, 7) is 1.70.